The van der Waals surface area contributed by atoms with Crippen molar-refractivity contribution in [3.63, 3.8) is 0 Å². The number of ketones is 1. The molecule has 21 heavy (non-hydrogen) atoms. The molecule has 0 aliphatic heterocycles. The lowest BCUT2D eigenvalue weighted by molar-refractivity contribution is -0.125. The second-order valence-electron chi connectivity index (χ2n) is 6.22. The standard InChI is InChI=1S/C19H28O2/c1-21-18(12-7-10-16-8-3-2-4-9-16)15-14-17-11-5-6-13-19(17)20/h2-4,8-9,17-18H,5-7,10-15H2,1H3. The molecule has 116 valence electrons. The number of Topliss-reactive ketones (excluding diaryl/α,β-unsaturated/α-hetero) is 1. The average Bonchev–Trinajstić information content (AvgIpc) is 2.53. The van der Waals surface area contributed by atoms with Crippen LogP contribution in [0.5, 0.6) is 0 Å². The van der Waals surface area contributed by atoms with Gasteiger partial charge in [0.15, 0.2) is 0 Å². The molecule has 2 heteroatoms. The lowest BCUT2D eigenvalue weighted by atomic mass is 9.84. The summed E-state index contributed by atoms with van der Waals surface area (Å²) in [5.74, 6) is 0.797. The van der Waals surface area contributed by atoms with Gasteiger partial charge in [0.25, 0.3) is 0 Å². The number of benzene rings is 1. The van der Waals surface area contributed by atoms with E-state index >= 15 is 0 Å². The Kier molecular flexibility index (Phi) is 6.94. The quantitative estimate of drug-likeness (QED) is 0.700. The highest BCUT2D eigenvalue weighted by atomic mass is 16.5. The van der Waals surface area contributed by atoms with Crippen LogP contribution in [0, 0.1) is 5.92 Å². The van der Waals surface area contributed by atoms with Gasteiger partial charge in [-0.1, -0.05) is 36.8 Å². The fraction of sp³-hybridized carbons (Fsp3) is 0.632. The van der Waals surface area contributed by atoms with Gasteiger partial charge >= 0.3 is 0 Å². The number of hydrogen-bond donors (Lipinski definition) is 0. The van der Waals surface area contributed by atoms with Crippen molar-refractivity contribution >= 4 is 5.78 Å². The van der Waals surface area contributed by atoms with Crippen LogP contribution in [-0.2, 0) is 16.0 Å². The Balaban J connectivity index is 1.66. The van der Waals surface area contributed by atoms with E-state index in [-0.39, 0.29) is 0 Å². The second kappa shape index (κ2) is 8.99. The lowest BCUT2D eigenvalue weighted by Gasteiger charge is -2.22. The maximum Gasteiger partial charge on any atom is 0.135 e. The Hall–Kier alpha value is -1.15. The smallest absolute Gasteiger partial charge is 0.135 e. The van der Waals surface area contributed by atoms with Crippen molar-refractivity contribution in [2.24, 2.45) is 5.92 Å². The summed E-state index contributed by atoms with van der Waals surface area (Å²) in [5.41, 5.74) is 1.40. The summed E-state index contributed by atoms with van der Waals surface area (Å²) in [5, 5.41) is 0. The molecule has 2 rings (SSSR count). The van der Waals surface area contributed by atoms with Gasteiger partial charge in [-0.05, 0) is 50.5 Å². The molecule has 0 radical (unpaired) electrons. The molecule has 2 nitrogen and oxygen atoms in total. The van der Waals surface area contributed by atoms with Crippen LogP contribution in [0.2, 0.25) is 0 Å². The molecule has 0 aromatic heterocycles. The first-order valence-electron chi connectivity index (χ1n) is 8.39. The molecule has 1 saturated carbocycles. The van der Waals surface area contributed by atoms with Gasteiger partial charge in [-0.3, -0.25) is 4.79 Å². The van der Waals surface area contributed by atoms with Gasteiger partial charge < -0.3 is 4.74 Å². The topological polar surface area (TPSA) is 26.3 Å². The van der Waals surface area contributed by atoms with E-state index in [1.807, 2.05) is 0 Å². The fourth-order valence-electron chi connectivity index (χ4n) is 3.31. The molecule has 1 fully saturated rings. The summed E-state index contributed by atoms with van der Waals surface area (Å²) < 4.78 is 5.60. The molecule has 0 heterocycles. The zero-order valence-corrected chi connectivity index (χ0v) is 13.2. The van der Waals surface area contributed by atoms with Crippen molar-refractivity contribution in [3.05, 3.63) is 35.9 Å². The molecule has 0 bridgehead atoms. The molecular weight excluding hydrogens is 260 g/mol. The van der Waals surface area contributed by atoms with E-state index in [4.69, 9.17) is 4.74 Å². The molecule has 1 aromatic carbocycles. The number of ether oxygens (including phenoxy) is 1. The van der Waals surface area contributed by atoms with Crippen molar-refractivity contribution in [2.75, 3.05) is 7.11 Å². The van der Waals surface area contributed by atoms with Gasteiger partial charge in [-0.2, -0.15) is 0 Å². The van der Waals surface area contributed by atoms with E-state index in [0.717, 1.165) is 51.4 Å². The molecule has 1 aromatic rings. The van der Waals surface area contributed by atoms with E-state index in [2.05, 4.69) is 30.3 Å². The highest BCUT2D eigenvalue weighted by Crippen LogP contribution is 2.26. The van der Waals surface area contributed by atoms with Crippen LogP contribution in [-0.4, -0.2) is 19.0 Å². The van der Waals surface area contributed by atoms with Crippen molar-refractivity contribution in [1.82, 2.24) is 0 Å². The van der Waals surface area contributed by atoms with Crippen LogP contribution in [0.25, 0.3) is 0 Å². The highest BCUT2D eigenvalue weighted by Gasteiger charge is 2.22. The maximum atomic E-state index is 11.9. The maximum absolute atomic E-state index is 11.9. The lowest BCUT2D eigenvalue weighted by Crippen LogP contribution is -2.21. The minimum Gasteiger partial charge on any atom is -0.381 e. The number of methoxy groups -OCH3 is 1. The van der Waals surface area contributed by atoms with Crippen LogP contribution in [0.3, 0.4) is 0 Å². The SMILES string of the molecule is COC(CCCc1ccccc1)CCC1CCCCC1=O. The normalized spacial score (nSPS) is 20.4. The van der Waals surface area contributed by atoms with Gasteiger partial charge in [0, 0.05) is 19.4 Å². The third-order valence-corrected chi connectivity index (χ3v) is 4.69. The number of aryl methyl sites for hydroxylation is 1. The summed E-state index contributed by atoms with van der Waals surface area (Å²) >= 11 is 0. The number of rotatable bonds is 8. The highest BCUT2D eigenvalue weighted by molar-refractivity contribution is 5.81. The molecule has 0 spiro atoms. The summed E-state index contributed by atoms with van der Waals surface area (Å²) in [6.45, 7) is 0. The van der Waals surface area contributed by atoms with Crippen LogP contribution in [0.4, 0.5) is 0 Å². The van der Waals surface area contributed by atoms with E-state index in [0.29, 0.717) is 17.8 Å². The third-order valence-electron chi connectivity index (χ3n) is 4.69. The molecule has 0 N–H and O–H groups in total. The molecule has 1 aliphatic carbocycles. The summed E-state index contributed by atoms with van der Waals surface area (Å²) in [6, 6.07) is 10.6. The Morgan fingerprint density at radius 2 is 2.00 bits per heavy atom. The Labute approximate surface area is 128 Å². The first-order chi connectivity index (χ1) is 10.3. The molecule has 0 saturated heterocycles. The van der Waals surface area contributed by atoms with Crippen molar-refractivity contribution < 1.29 is 9.53 Å². The van der Waals surface area contributed by atoms with Crippen molar-refractivity contribution in [1.29, 1.82) is 0 Å². The third kappa shape index (κ3) is 5.62. The minimum atomic E-state index is 0.309. The second-order valence-corrected chi connectivity index (χ2v) is 6.22. The molecular formula is C19H28O2. The molecule has 2 atom stereocenters. The van der Waals surface area contributed by atoms with E-state index in [1.165, 1.54) is 12.0 Å². The number of carbonyl (C=O) groups excluding carboxylic acids is 1. The van der Waals surface area contributed by atoms with Crippen LogP contribution in [0.1, 0.15) is 56.9 Å². The fourth-order valence-corrected chi connectivity index (χ4v) is 3.31. The molecule has 1 aliphatic rings. The minimum absolute atomic E-state index is 0.309. The van der Waals surface area contributed by atoms with Crippen LogP contribution < -0.4 is 0 Å². The predicted octanol–water partition coefficient (Wildman–Crippen LogP) is 4.56. The van der Waals surface area contributed by atoms with E-state index in [1.54, 1.807) is 7.11 Å². The van der Waals surface area contributed by atoms with Crippen LogP contribution in [0.15, 0.2) is 30.3 Å². The predicted molar refractivity (Wildman–Crippen MR) is 86.4 cm³/mol. The summed E-state index contributed by atoms with van der Waals surface area (Å²) in [4.78, 5) is 11.9. The Morgan fingerprint density at radius 1 is 1.19 bits per heavy atom. The zero-order chi connectivity index (χ0) is 14.9. The first kappa shape index (κ1) is 16.2. The van der Waals surface area contributed by atoms with E-state index < -0.39 is 0 Å². The van der Waals surface area contributed by atoms with Crippen molar-refractivity contribution in [3.8, 4) is 0 Å². The van der Waals surface area contributed by atoms with Crippen LogP contribution >= 0.6 is 0 Å². The summed E-state index contributed by atoms with van der Waals surface area (Å²) in [7, 11) is 1.80. The monoisotopic (exact) mass is 288 g/mol. The summed E-state index contributed by atoms with van der Waals surface area (Å²) in [6.07, 6.45) is 9.93. The number of carbonyl (C=O) groups is 1. The Morgan fingerprint density at radius 3 is 2.71 bits per heavy atom. The van der Waals surface area contributed by atoms with E-state index in [9.17, 15) is 4.79 Å². The van der Waals surface area contributed by atoms with Gasteiger partial charge in [0.05, 0.1) is 6.10 Å². The molecule has 2 unspecified atom stereocenters. The molecule has 0 amide bonds. The van der Waals surface area contributed by atoms with Crippen molar-refractivity contribution in [2.45, 2.75) is 63.9 Å². The zero-order valence-electron chi connectivity index (χ0n) is 13.2. The van der Waals surface area contributed by atoms with Gasteiger partial charge in [-0.15, -0.1) is 0 Å². The largest absolute Gasteiger partial charge is 0.381 e. The Bertz CT molecular complexity index is 413. The average molecular weight is 288 g/mol. The van der Waals surface area contributed by atoms with Gasteiger partial charge in [0.1, 0.15) is 5.78 Å². The number of hydrogen-bond acceptors (Lipinski definition) is 2. The first-order valence-corrected chi connectivity index (χ1v) is 8.39. The van der Waals surface area contributed by atoms with Gasteiger partial charge in [-0.25, -0.2) is 0 Å². The van der Waals surface area contributed by atoms with Gasteiger partial charge in [0.2, 0.25) is 0 Å².